The van der Waals surface area contributed by atoms with E-state index in [1.165, 1.54) is 25.9 Å². The molecule has 90 valence electrons. The lowest BCUT2D eigenvalue weighted by atomic mass is 10.3. The molecule has 0 aromatic heterocycles. The molecule has 1 heterocycles. The van der Waals surface area contributed by atoms with Gasteiger partial charge in [-0.05, 0) is 44.5 Å². The molecule has 0 aliphatic carbocycles. The molecule has 0 amide bonds. The third-order valence-corrected chi connectivity index (χ3v) is 3.05. The molecule has 0 radical (unpaired) electrons. The van der Waals surface area contributed by atoms with Crippen molar-refractivity contribution in [3.8, 4) is 5.75 Å². The molecular formula is C14H18N2O. The minimum Gasteiger partial charge on any atom is -0.494 e. The monoisotopic (exact) mass is 230 g/mol. The Morgan fingerprint density at radius 1 is 1.18 bits per heavy atom. The maximum atomic E-state index is 6.86. The van der Waals surface area contributed by atoms with E-state index in [9.17, 15) is 0 Å². The molecule has 0 bridgehead atoms. The number of likely N-dealkylation sites (tertiary alicyclic amines) is 1. The molecule has 1 fully saturated rings. The van der Waals surface area contributed by atoms with Gasteiger partial charge in [0.1, 0.15) is 5.75 Å². The van der Waals surface area contributed by atoms with Gasteiger partial charge in [-0.15, -0.1) is 0 Å². The van der Waals surface area contributed by atoms with Crippen LogP contribution in [0.1, 0.15) is 19.3 Å². The number of hydrogen-bond acceptors (Lipinski definition) is 2. The van der Waals surface area contributed by atoms with Crippen LogP contribution in [0.4, 0.5) is 5.69 Å². The Labute approximate surface area is 103 Å². The second kappa shape index (κ2) is 6.27. The SMILES string of the molecule is [C-]#[N+]c1ccc(OCCCN2CCCC2)cc1. The summed E-state index contributed by atoms with van der Waals surface area (Å²) in [5, 5.41) is 0. The third kappa shape index (κ3) is 3.76. The minimum absolute atomic E-state index is 0.661. The predicted octanol–water partition coefficient (Wildman–Crippen LogP) is 3.10. The third-order valence-electron chi connectivity index (χ3n) is 3.05. The molecule has 1 aliphatic rings. The first-order valence-corrected chi connectivity index (χ1v) is 6.21. The van der Waals surface area contributed by atoms with Crippen LogP contribution in [-0.4, -0.2) is 31.1 Å². The number of hydrogen-bond donors (Lipinski definition) is 0. The zero-order valence-corrected chi connectivity index (χ0v) is 10.1. The van der Waals surface area contributed by atoms with Gasteiger partial charge in [0, 0.05) is 6.54 Å². The lowest BCUT2D eigenvalue weighted by Gasteiger charge is -2.14. The van der Waals surface area contributed by atoms with E-state index in [0.29, 0.717) is 5.69 Å². The molecule has 1 saturated heterocycles. The van der Waals surface area contributed by atoms with E-state index in [-0.39, 0.29) is 0 Å². The Morgan fingerprint density at radius 2 is 1.88 bits per heavy atom. The minimum atomic E-state index is 0.661. The van der Waals surface area contributed by atoms with Crippen molar-refractivity contribution in [1.82, 2.24) is 4.90 Å². The molecule has 3 heteroatoms. The fraction of sp³-hybridized carbons (Fsp3) is 0.500. The summed E-state index contributed by atoms with van der Waals surface area (Å²) in [5.41, 5.74) is 0.661. The fourth-order valence-electron chi connectivity index (χ4n) is 2.10. The molecule has 1 aromatic carbocycles. The number of ether oxygens (including phenoxy) is 1. The van der Waals surface area contributed by atoms with Crippen LogP contribution in [0, 0.1) is 6.57 Å². The Morgan fingerprint density at radius 3 is 2.53 bits per heavy atom. The molecule has 17 heavy (non-hydrogen) atoms. The molecular weight excluding hydrogens is 212 g/mol. The van der Waals surface area contributed by atoms with Crippen LogP contribution in [0.3, 0.4) is 0 Å². The summed E-state index contributed by atoms with van der Waals surface area (Å²) in [7, 11) is 0. The highest BCUT2D eigenvalue weighted by molar-refractivity contribution is 5.46. The standard InChI is InChI=1S/C14H18N2O/c1-15-13-5-7-14(8-6-13)17-12-4-11-16-9-2-3-10-16/h5-8H,2-4,9-12H2. The van der Waals surface area contributed by atoms with Gasteiger partial charge in [0.05, 0.1) is 13.2 Å². The highest BCUT2D eigenvalue weighted by Gasteiger charge is 2.10. The first-order chi connectivity index (χ1) is 8.38. The van der Waals surface area contributed by atoms with Crippen molar-refractivity contribution in [3.63, 3.8) is 0 Å². The second-order valence-corrected chi connectivity index (χ2v) is 4.36. The van der Waals surface area contributed by atoms with Gasteiger partial charge in [-0.3, -0.25) is 0 Å². The van der Waals surface area contributed by atoms with E-state index in [1.807, 2.05) is 12.1 Å². The van der Waals surface area contributed by atoms with Crippen molar-refractivity contribution < 1.29 is 4.74 Å². The predicted molar refractivity (Wildman–Crippen MR) is 68.5 cm³/mol. The van der Waals surface area contributed by atoms with Crippen molar-refractivity contribution in [3.05, 3.63) is 35.7 Å². The van der Waals surface area contributed by atoms with Crippen LogP contribution >= 0.6 is 0 Å². The van der Waals surface area contributed by atoms with Gasteiger partial charge in [0.25, 0.3) is 0 Å². The van der Waals surface area contributed by atoms with Crippen molar-refractivity contribution in [2.45, 2.75) is 19.3 Å². The average molecular weight is 230 g/mol. The first-order valence-electron chi connectivity index (χ1n) is 6.21. The van der Waals surface area contributed by atoms with E-state index >= 15 is 0 Å². The van der Waals surface area contributed by atoms with Crippen molar-refractivity contribution in [1.29, 1.82) is 0 Å². The summed E-state index contributed by atoms with van der Waals surface area (Å²) in [6.07, 6.45) is 3.77. The topological polar surface area (TPSA) is 16.8 Å². The summed E-state index contributed by atoms with van der Waals surface area (Å²) >= 11 is 0. The smallest absolute Gasteiger partial charge is 0.187 e. The van der Waals surface area contributed by atoms with Gasteiger partial charge in [-0.2, -0.15) is 0 Å². The van der Waals surface area contributed by atoms with Crippen LogP contribution in [0.15, 0.2) is 24.3 Å². The summed E-state index contributed by atoms with van der Waals surface area (Å²) in [6.45, 7) is 11.3. The van der Waals surface area contributed by atoms with Crippen molar-refractivity contribution >= 4 is 5.69 Å². The largest absolute Gasteiger partial charge is 0.494 e. The van der Waals surface area contributed by atoms with Crippen LogP contribution in [0.2, 0.25) is 0 Å². The van der Waals surface area contributed by atoms with Gasteiger partial charge >= 0.3 is 0 Å². The highest BCUT2D eigenvalue weighted by atomic mass is 16.5. The lowest BCUT2D eigenvalue weighted by molar-refractivity contribution is 0.263. The maximum absolute atomic E-state index is 6.86. The van der Waals surface area contributed by atoms with E-state index in [2.05, 4.69) is 9.74 Å². The van der Waals surface area contributed by atoms with Gasteiger partial charge in [0.2, 0.25) is 0 Å². The molecule has 0 unspecified atom stereocenters. The van der Waals surface area contributed by atoms with E-state index in [1.54, 1.807) is 12.1 Å². The quantitative estimate of drug-likeness (QED) is 0.571. The van der Waals surface area contributed by atoms with E-state index < -0.39 is 0 Å². The van der Waals surface area contributed by atoms with Crippen molar-refractivity contribution in [2.24, 2.45) is 0 Å². The fourth-order valence-corrected chi connectivity index (χ4v) is 2.10. The van der Waals surface area contributed by atoms with E-state index in [4.69, 9.17) is 11.3 Å². The van der Waals surface area contributed by atoms with Gasteiger partial charge in [-0.25, -0.2) is 4.85 Å². The lowest BCUT2D eigenvalue weighted by Crippen LogP contribution is -2.21. The summed E-state index contributed by atoms with van der Waals surface area (Å²) in [5.74, 6) is 0.860. The van der Waals surface area contributed by atoms with Crippen LogP contribution in [-0.2, 0) is 0 Å². The van der Waals surface area contributed by atoms with Crippen LogP contribution < -0.4 is 4.74 Å². The molecule has 2 rings (SSSR count). The maximum Gasteiger partial charge on any atom is 0.187 e. The molecule has 1 aromatic rings. The zero-order valence-electron chi connectivity index (χ0n) is 10.1. The average Bonchev–Trinajstić information content (AvgIpc) is 2.88. The normalized spacial score (nSPS) is 15.7. The molecule has 3 nitrogen and oxygen atoms in total. The van der Waals surface area contributed by atoms with E-state index in [0.717, 1.165) is 25.3 Å². The van der Waals surface area contributed by atoms with Crippen LogP contribution in [0.5, 0.6) is 5.75 Å². The number of rotatable bonds is 5. The molecule has 0 atom stereocenters. The molecule has 0 spiro atoms. The molecule has 0 N–H and O–H groups in total. The zero-order chi connectivity index (χ0) is 11.9. The van der Waals surface area contributed by atoms with Crippen LogP contribution in [0.25, 0.3) is 4.85 Å². The Hall–Kier alpha value is -1.53. The molecule has 0 saturated carbocycles. The summed E-state index contributed by atoms with van der Waals surface area (Å²) in [4.78, 5) is 5.84. The van der Waals surface area contributed by atoms with Gasteiger partial charge in [0.15, 0.2) is 5.69 Å². The second-order valence-electron chi connectivity index (χ2n) is 4.36. The van der Waals surface area contributed by atoms with Crippen molar-refractivity contribution in [2.75, 3.05) is 26.2 Å². The van der Waals surface area contributed by atoms with Gasteiger partial charge < -0.3 is 9.64 Å². The summed E-state index contributed by atoms with van der Waals surface area (Å²) in [6, 6.07) is 7.32. The Balaban J connectivity index is 1.65. The number of nitrogens with zero attached hydrogens (tertiary/aromatic N) is 2. The Bertz CT molecular complexity index is 374. The number of benzene rings is 1. The first kappa shape index (κ1) is 11.9. The Kier molecular flexibility index (Phi) is 4.40. The summed E-state index contributed by atoms with van der Waals surface area (Å²) < 4.78 is 5.64. The molecule has 1 aliphatic heterocycles. The van der Waals surface area contributed by atoms with Gasteiger partial charge in [-0.1, -0.05) is 12.1 Å². The highest BCUT2D eigenvalue weighted by Crippen LogP contribution is 2.18.